The molecule has 10 aromatic rings. The van der Waals surface area contributed by atoms with E-state index in [2.05, 4.69) is 24.9 Å². The lowest BCUT2D eigenvalue weighted by Gasteiger charge is -2.05. The van der Waals surface area contributed by atoms with Crippen LogP contribution in [0.5, 0.6) is 0 Å². The summed E-state index contributed by atoms with van der Waals surface area (Å²) < 4.78 is 126. The normalized spacial score (nSPS) is 15.0. The van der Waals surface area contributed by atoms with Crippen LogP contribution in [0.15, 0.2) is 79.5 Å². The fourth-order valence-electron chi connectivity index (χ4n) is 7.58. The molecule has 0 bridgehead atoms. The first-order valence-electron chi connectivity index (χ1n) is 29.5. The molecular formula is C45H60N20O10. The Bertz CT molecular complexity index is 5150. The maximum atomic E-state index is 12.1. The molecule has 0 spiro atoms. The van der Waals surface area contributed by atoms with Gasteiger partial charge in [0.15, 0.2) is 55.8 Å². The average Bonchev–Trinajstić information content (AvgIpc) is 1.52. The van der Waals surface area contributed by atoms with Crippen LogP contribution in [0, 0.1) is 0 Å². The van der Waals surface area contributed by atoms with E-state index in [0.29, 0.717) is 18.3 Å². The van der Waals surface area contributed by atoms with Gasteiger partial charge in [0.1, 0.15) is 2.74 Å². The highest BCUT2D eigenvalue weighted by molar-refractivity contribution is 5.72. The summed E-state index contributed by atoms with van der Waals surface area (Å²) >= 11 is 0. The largest absolute Gasteiger partial charge is 0.332 e. The third-order valence-electron chi connectivity index (χ3n) is 11.5. The van der Waals surface area contributed by atoms with E-state index < -0.39 is 90.2 Å². The molecule has 30 nitrogen and oxygen atoms in total. The molecule has 75 heavy (non-hydrogen) atoms. The molecule has 10 rings (SSSR count). The number of hydrogen-bond acceptors (Lipinski definition) is 15. The fraction of sp³-hybridized carbons (Fsp3) is 0.444. The molecule has 0 N–H and O–H groups in total. The van der Waals surface area contributed by atoms with Gasteiger partial charge in [-0.2, -0.15) is 0 Å². The Morgan fingerprint density at radius 2 is 0.613 bits per heavy atom. The summed E-state index contributed by atoms with van der Waals surface area (Å²) in [6.45, 7) is -4.68. The highest BCUT2D eigenvalue weighted by atomic mass is 16.2. The topological polar surface area (TPSA) is 309 Å². The molecule has 0 saturated heterocycles. The first kappa shape index (κ1) is 37.5. The molecule has 400 valence electrons. The Labute approximate surface area is 443 Å². The maximum absolute atomic E-state index is 12.1. The summed E-state index contributed by atoms with van der Waals surface area (Å²) in [7, 11) is 10.4. The van der Waals surface area contributed by atoms with Gasteiger partial charge in [-0.05, 0) is 34.6 Å². The van der Waals surface area contributed by atoms with Crippen LogP contribution < -0.4 is 56.2 Å². The second-order valence-corrected chi connectivity index (χ2v) is 15.9. The molecule has 0 atom stereocenters. The zero-order valence-electron chi connectivity index (χ0n) is 57.4. The van der Waals surface area contributed by atoms with E-state index in [1.165, 1.54) is 66.2 Å². The quantitative estimate of drug-likeness (QED) is 0.169. The SMILES string of the molecule is [2H]C([2H])(C)n1c(=O)c2c(ncn2C)n(C)c1=O.[2H]C([2H])([2H])n1c(=O)n(CC)c(=O)c2c1ncn2C.[2H]C([2H])([2H])n1cnc2c1c(=O)n(CC)c(=O)n2C.[2H]c1nc2c(c(=O)n(C([2H])([2H])C)c(=O)n2C)n1C.[2H]c1nc2c(c(=O)n(CC)c(=O)n2C([2H])([2H])[2H])n1C. The molecule has 0 aliphatic rings. The maximum Gasteiger partial charge on any atom is 0.332 e. The summed E-state index contributed by atoms with van der Waals surface area (Å²) in [6.07, 6.45) is 3.35. The van der Waals surface area contributed by atoms with Crippen molar-refractivity contribution in [1.82, 2.24) is 93.4 Å². The van der Waals surface area contributed by atoms with Gasteiger partial charge in [-0.1, -0.05) is 0 Å². The summed E-state index contributed by atoms with van der Waals surface area (Å²) in [5.74, 6) is 0. The molecular weight excluding hydrogens is 981 g/mol. The van der Waals surface area contributed by atoms with Gasteiger partial charge in [0.05, 0.1) is 31.6 Å². The van der Waals surface area contributed by atoms with Gasteiger partial charge < -0.3 is 22.8 Å². The van der Waals surface area contributed by atoms with E-state index in [1.807, 2.05) is 0 Å². The lowest BCUT2D eigenvalue weighted by atomic mass is 10.5. The molecule has 30 heteroatoms. The number of hydrogen-bond donors (Lipinski definition) is 0. The van der Waals surface area contributed by atoms with Crippen LogP contribution in [0.1, 0.15) is 55.2 Å². The molecule has 0 fully saturated rings. The molecule has 10 heterocycles. The minimum atomic E-state index is -2.76. The number of imidazole rings is 5. The number of rotatable bonds is 5. The Morgan fingerprint density at radius 1 is 0.360 bits per heavy atom. The van der Waals surface area contributed by atoms with Crippen LogP contribution in [-0.4, -0.2) is 93.4 Å². The molecule has 0 aromatic carbocycles. The van der Waals surface area contributed by atoms with E-state index >= 15 is 0 Å². The summed E-state index contributed by atoms with van der Waals surface area (Å²) in [6, 6.07) is 0. The van der Waals surface area contributed by atoms with Gasteiger partial charge in [0.2, 0.25) is 0 Å². The van der Waals surface area contributed by atoms with Crippen molar-refractivity contribution >= 4 is 55.8 Å². The second kappa shape index (κ2) is 21.5. The smallest absolute Gasteiger partial charge is 0.328 e. The van der Waals surface area contributed by atoms with Crippen molar-refractivity contribution in [2.24, 2.45) is 70.3 Å². The van der Waals surface area contributed by atoms with Gasteiger partial charge >= 0.3 is 28.4 Å². The molecule has 0 aliphatic heterocycles. The lowest BCUT2D eigenvalue weighted by Crippen LogP contribution is -2.39. The zero-order valence-corrected chi connectivity index (χ0v) is 42.4. The molecule has 0 saturated carbocycles. The van der Waals surface area contributed by atoms with Crippen molar-refractivity contribution in [3.63, 3.8) is 0 Å². The number of fused-ring (bicyclic) bond motifs is 5. The Balaban J connectivity index is 0.000000179. The van der Waals surface area contributed by atoms with Crippen LogP contribution in [0.4, 0.5) is 0 Å². The van der Waals surface area contributed by atoms with Crippen LogP contribution in [0.25, 0.3) is 55.8 Å². The van der Waals surface area contributed by atoms with E-state index in [1.54, 1.807) is 34.9 Å². The Morgan fingerprint density at radius 3 is 0.933 bits per heavy atom. The van der Waals surface area contributed by atoms with Crippen molar-refractivity contribution in [3.05, 3.63) is 136 Å². The van der Waals surface area contributed by atoms with Crippen molar-refractivity contribution in [2.75, 3.05) is 0 Å². The van der Waals surface area contributed by atoms with Gasteiger partial charge in [0, 0.05) is 121 Å². The van der Waals surface area contributed by atoms with Crippen LogP contribution in [-0.2, 0) is 103 Å². The van der Waals surface area contributed by atoms with E-state index in [4.69, 9.17) is 20.6 Å². The van der Waals surface area contributed by atoms with Crippen molar-refractivity contribution in [2.45, 2.75) is 67.2 Å². The molecule has 0 aliphatic carbocycles. The zero-order chi connectivity index (χ0) is 68.6. The highest BCUT2D eigenvalue weighted by Gasteiger charge is 2.17. The average molecular weight is 1060 g/mol. The standard InChI is InChI=1S/5C9H12N4O2/c5*1-4-13-8(14)6-7(10-5-11(6)2)12(3)9(13)15/h5*5H,4H2,1-3H3/i4D2,5D;3D3,5D;4D2;3D3;2D3. The van der Waals surface area contributed by atoms with Gasteiger partial charge in [-0.3, -0.25) is 69.6 Å². The van der Waals surface area contributed by atoms with Gasteiger partial charge in [-0.25, -0.2) is 48.9 Å². The Hall–Kier alpha value is -9.25. The van der Waals surface area contributed by atoms with Gasteiger partial charge in [0.25, 0.3) is 27.8 Å². The fourth-order valence-corrected chi connectivity index (χ4v) is 7.58. The van der Waals surface area contributed by atoms with Gasteiger partial charge in [-0.15, -0.1) is 0 Å². The van der Waals surface area contributed by atoms with Crippen LogP contribution >= 0.6 is 0 Å². The summed E-state index contributed by atoms with van der Waals surface area (Å²) in [4.78, 5) is 139. The van der Waals surface area contributed by atoms with E-state index in [0.717, 1.165) is 52.1 Å². The van der Waals surface area contributed by atoms with E-state index in [9.17, 15) is 47.9 Å². The van der Waals surface area contributed by atoms with Crippen LogP contribution in [0.3, 0.4) is 0 Å². The lowest BCUT2D eigenvalue weighted by molar-refractivity contribution is 0.635. The first-order valence-corrected chi connectivity index (χ1v) is 22.0. The Kier molecular flexibility index (Phi) is 10.7. The molecule has 0 unspecified atom stereocenters. The number of aryl methyl sites for hydroxylation is 10. The van der Waals surface area contributed by atoms with Crippen molar-refractivity contribution in [3.8, 4) is 0 Å². The minimum Gasteiger partial charge on any atom is -0.328 e. The third kappa shape index (κ3) is 9.28. The second-order valence-electron chi connectivity index (χ2n) is 15.9. The monoisotopic (exact) mass is 1060 g/mol. The minimum absolute atomic E-state index is 0.0350. The van der Waals surface area contributed by atoms with Crippen molar-refractivity contribution < 1.29 is 20.6 Å². The first-order chi connectivity index (χ1) is 41.2. The third-order valence-corrected chi connectivity index (χ3v) is 11.5. The number of nitrogens with zero attached hydrogens (tertiary/aromatic N) is 20. The predicted octanol–water partition coefficient (Wildman–Crippen LogP) is -2.73. The molecule has 10 aromatic heterocycles. The summed E-state index contributed by atoms with van der Waals surface area (Å²) in [5.41, 5.74) is -6.89. The summed E-state index contributed by atoms with van der Waals surface area (Å²) in [5, 5.41) is 0. The predicted molar refractivity (Wildman–Crippen MR) is 279 cm³/mol. The van der Waals surface area contributed by atoms with E-state index in [-0.39, 0.29) is 88.1 Å². The highest BCUT2D eigenvalue weighted by Crippen LogP contribution is 2.06. The number of aromatic nitrogens is 20. The van der Waals surface area contributed by atoms with Crippen LogP contribution in [0.2, 0.25) is 0 Å². The molecule has 0 amide bonds. The molecule has 0 radical (unpaired) electrons. The van der Waals surface area contributed by atoms with Crippen molar-refractivity contribution in [1.29, 1.82) is 0 Å².